The van der Waals surface area contributed by atoms with Gasteiger partial charge in [-0.2, -0.15) is 11.3 Å². The number of carbonyl (C=O) groups is 2. The molecule has 1 fully saturated rings. The fourth-order valence-corrected chi connectivity index (χ4v) is 4.90. The lowest BCUT2D eigenvalue weighted by atomic mass is 9.92. The minimum atomic E-state index is -0.586. The minimum Gasteiger partial charge on any atom is -0.350 e. The van der Waals surface area contributed by atoms with Crippen LogP contribution in [-0.4, -0.2) is 39.1 Å². The summed E-state index contributed by atoms with van der Waals surface area (Å²) in [6.45, 7) is -0.253. The number of aryl methyl sites for hydroxylation is 2. The first-order chi connectivity index (χ1) is 15.0. The highest BCUT2D eigenvalue weighted by Crippen LogP contribution is 2.30. The number of hydrogen-bond donors (Lipinski definition) is 2. The molecular formula is C21H26ClFN4O3S. The van der Waals surface area contributed by atoms with Crippen LogP contribution in [0.4, 0.5) is 4.39 Å². The molecule has 0 aliphatic heterocycles. The van der Waals surface area contributed by atoms with Crippen molar-refractivity contribution in [2.24, 2.45) is 11.8 Å². The third kappa shape index (κ3) is 6.95. The number of hydroxylamine groups is 2. The molecule has 2 heterocycles. The molecule has 1 aliphatic rings. The summed E-state index contributed by atoms with van der Waals surface area (Å²) in [6.07, 6.45) is 6.13. The molecule has 2 amide bonds. The smallest absolute Gasteiger partial charge is 0.233 e. The number of carbonyl (C=O) groups excluding carboxylic acids is 2. The molecule has 0 bridgehead atoms. The van der Waals surface area contributed by atoms with E-state index in [1.165, 1.54) is 0 Å². The number of halogens is 2. The molecule has 0 spiro atoms. The van der Waals surface area contributed by atoms with E-state index in [-0.39, 0.29) is 42.1 Å². The van der Waals surface area contributed by atoms with E-state index in [1.807, 2.05) is 16.8 Å². The number of hydrogen-bond acceptors (Lipinski definition) is 6. The second-order valence-corrected chi connectivity index (χ2v) is 8.98. The Morgan fingerprint density at radius 2 is 2.10 bits per heavy atom. The Labute approximate surface area is 189 Å². The molecule has 10 heteroatoms. The molecule has 1 aliphatic carbocycles. The van der Waals surface area contributed by atoms with Gasteiger partial charge in [0, 0.05) is 0 Å². The zero-order chi connectivity index (χ0) is 22.2. The van der Waals surface area contributed by atoms with Gasteiger partial charge >= 0.3 is 0 Å². The average Bonchev–Trinajstić information content (AvgIpc) is 3.46. The van der Waals surface area contributed by atoms with Crippen molar-refractivity contribution in [3.05, 3.63) is 44.9 Å². The Kier molecular flexibility index (Phi) is 8.74. The van der Waals surface area contributed by atoms with E-state index < -0.39 is 11.7 Å². The van der Waals surface area contributed by atoms with Gasteiger partial charge in [0.25, 0.3) is 0 Å². The molecule has 1 atom stereocenters. The second kappa shape index (κ2) is 11.5. The Balaban J connectivity index is 1.64. The van der Waals surface area contributed by atoms with Crippen LogP contribution >= 0.6 is 22.9 Å². The minimum absolute atomic E-state index is 0.0181. The van der Waals surface area contributed by atoms with E-state index in [4.69, 9.17) is 11.6 Å². The van der Waals surface area contributed by atoms with Crippen LogP contribution in [0.3, 0.4) is 0 Å². The van der Waals surface area contributed by atoms with Gasteiger partial charge in [0.1, 0.15) is 5.69 Å². The first kappa shape index (κ1) is 23.6. The fraction of sp³-hybridized carbons (Fsp3) is 0.524. The molecular weight excluding hydrogens is 443 g/mol. The molecule has 0 saturated heterocycles. The van der Waals surface area contributed by atoms with E-state index in [1.54, 1.807) is 11.3 Å². The number of rotatable bonds is 11. The predicted molar refractivity (Wildman–Crippen MR) is 115 cm³/mol. The summed E-state index contributed by atoms with van der Waals surface area (Å²) in [5.41, 5.74) is 1.32. The van der Waals surface area contributed by atoms with Gasteiger partial charge in [-0.05, 0) is 59.2 Å². The van der Waals surface area contributed by atoms with E-state index >= 15 is 0 Å². The summed E-state index contributed by atoms with van der Waals surface area (Å²) in [6, 6.07) is 1.97. The topological polar surface area (TPSA) is 95.4 Å². The van der Waals surface area contributed by atoms with Crippen LogP contribution in [0.15, 0.2) is 16.8 Å². The van der Waals surface area contributed by atoms with Crippen molar-refractivity contribution in [2.75, 3.05) is 6.54 Å². The van der Waals surface area contributed by atoms with E-state index in [0.717, 1.165) is 31.2 Å². The predicted octanol–water partition coefficient (Wildman–Crippen LogP) is 3.78. The molecule has 2 aromatic rings. The van der Waals surface area contributed by atoms with Crippen LogP contribution in [0.2, 0.25) is 5.28 Å². The summed E-state index contributed by atoms with van der Waals surface area (Å²) in [7, 11) is 0. The lowest BCUT2D eigenvalue weighted by Crippen LogP contribution is -2.38. The standard InChI is InChI=1S/C21H26ClFN4O3S/c22-21-25-17(6-5-15-7-8-31-12-15)19(23)18(26-21)10-24-20(29)16(11-27(30)13-28)9-14-3-1-2-4-14/h7-8,12-14,16,30H,1-6,9-11H2,(H,24,29)/t16-/m1/s1. The van der Waals surface area contributed by atoms with Crippen molar-refractivity contribution in [3.8, 4) is 0 Å². The van der Waals surface area contributed by atoms with Gasteiger partial charge in [0.2, 0.25) is 17.6 Å². The number of amides is 2. The zero-order valence-corrected chi connectivity index (χ0v) is 18.7. The summed E-state index contributed by atoms with van der Waals surface area (Å²) >= 11 is 7.56. The maximum Gasteiger partial charge on any atom is 0.233 e. The number of aromatic nitrogens is 2. The highest BCUT2D eigenvalue weighted by atomic mass is 35.5. The summed E-state index contributed by atoms with van der Waals surface area (Å²) in [4.78, 5) is 31.5. The average molecular weight is 469 g/mol. The SMILES string of the molecule is O=CN(O)C[C@@H](CC1CCCC1)C(=O)NCc1nc(Cl)nc(CCc2ccsc2)c1F. The third-order valence-electron chi connectivity index (χ3n) is 5.61. The largest absolute Gasteiger partial charge is 0.350 e. The zero-order valence-electron chi connectivity index (χ0n) is 17.1. The third-order valence-corrected chi connectivity index (χ3v) is 6.52. The van der Waals surface area contributed by atoms with Gasteiger partial charge < -0.3 is 5.32 Å². The lowest BCUT2D eigenvalue weighted by Gasteiger charge is -2.22. The maximum absolute atomic E-state index is 14.9. The molecule has 7 nitrogen and oxygen atoms in total. The molecule has 2 N–H and O–H groups in total. The van der Waals surface area contributed by atoms with Crippen molar-refractivity contribution in [3.63, 3.8) is 0 Å². The van der Waals surface area contributed by atoms with Crippen molar-refractivity contribution in [1.29, 1.82) is 0 Å². The van der Waals surface area contributed by atoms with Crippen molar-refractivity contribution >= 4 is 35.3 Å². The van der Waals surface area contributed by atoms with Gasteiger partial charge in [-0.1, -0.05) is 25.7 Å². The highest BCUT2D eigenvalue weighted by Gasteiger charge is 2.27. The summed E-state index contributed by atoms with van der Waals surface area (Å²) in [5, 5.41) is 16.6. The molecule has 0 unspecified atom stereocenters. The van der Waals surface area contributed by atoms with Crippen molar-refractivity contribution < 1.29 is 19.2 Å². The Morgan fingerprint density at radius 1 is 1.35 bits per heavy atom. The Bertz CT molecular complexity index is 878. The maximum atomic E-state index is 14.9. The first-order valence-electron chi connectivity index (χ1n) is 10.4. The van der Waals surface area contributed by atoms with E-state index in [9.17, 15) is 19.2 Å². The Morgan fingerprint density at radius 3 is 2.77 bits per heavy atom. The molecule has 2 aromatic heterocycles. The van der Waals surface area contributed by atoms with Gasteiger partial charge in [-0.3, -0.25) is 14.8 Å². The van der Waals surface area contributed by atoms with Crippen LogP contribution in [0.1, 0.15) is 49.1 Å². The molecule has 1 saturated carbocycles. The fourth-order valence-electron chi connectivity index (χ4n) is 3.99. The molecule has 0 aromatic carbocycles. The van der Waals surface area contributed by atoms with Crippen molar-refractivity contribution in [2.45, 2.75) is 51.5 Å². The van der Waals surface area contributed by atoms with Crippen LogP contribution in [0, 0.1) is 17.7 Å². The van der Waals surface area contributed by atoms with Gasteiger partial charge in [-0.15, -0.1) is 0 Å². The molecule has 31 heavy (non-hydrogen) atoms. The first-order valence-corrected chi connectivity index (χ1v) is 11.7. The highest BCUT2D eigenvalue weighted by molar-refractivity contribution is 7.07. The summed E-state index contributed by atoms with van der Waals surface area (Å²) in [5.74, 6) is -1.15. The number of thiophene rings is 1. The molecule has 3 rings (SSSR count). The normalized spacial score (nSPS) is 15.1. The van der Waals surface area contributed by atoms with E-state index in [2.05, 4.69) is 15.3 Å². The second-order valence-electron chi connectivity index (χ2n) is 7.86. The van der Waals surface area contributed by atoms with Crippen molar-refractivity contribution in [1.82, 2.24) is 20.3 Å². The number of nitrogens with zero attached hydrogens (tertiary/aromatic N) is 3. The monoisotopic (exact) mass is 468 g/mol. The Hall–Kier alpha value is -2.10. The quantitative estimate of drug-likeness (QED) is 0.226. The van der Waals surface area contributed by atoms with Gasteiger partial charge in [0.15, 0.2) is 5.82 Å². The van der Waals surface area contributed by atoms with Gasteiger partial charge in [0.05, 0.1) is 24.7 Å². The van der Waals surface area contributed by atoms with Gasteiger partial charge in [-0.25, -0.2) is 19.4 Å². The van der Waals surface area contributed by atoms with Crippen LogP contribution in [0.25, 0.3) is 0 Å². The van der Waals surface area contributed by atoms with Crippen LogP contribution < -0.4 is 5.32 Å². The van der Waals surface area contributed by atoms with E-state index in [0.29, 0.717) is 30.2 Å². The summed E-state index contributed by atoms with van der Waals surface area (Å²) < 4.78 is 14.9. The lowest BCUT2D eigenvalue weighted by molar-refractivity contribution is -0.155. The molecule has 0 radical (unpaired) electrons. The molecule has 168 valence electrons. The van der Waals surface area contributed by atoms with Crippen LogP contribution in [0.5, 0.6) is 0 Å². The van der Waals surface area contributed by atoms with Crippen LogP contribution in [-0.2, 0) is 29.0 Å². The number of nitrogens with one attached hydrogen (secondary N) is 1.